The van der Waals surface area contributed by atoms with Gasteiger partial charge < -0.3 is 5.32 Å². The van der Waals surface area contributed by atoms with Gasteiger partial charge in [-0.25, -0.2) is 9.97 Å². The number of anilines is 1. The second kappa shape index (κ2) is 6.66. The Hall–Kier alpha value is -1.61. The molecule has 0 saturated carbocycles. The molecule has 0 radical (unpaired) electrons. The molecular weight excluding hydrogens is 383 g/mol. The van der Waals surface area contributed by atoms with E-state index >= 15 is 0 Å². The molecule has 0 bridgehead atoms. The van der Waals surface area contributed by atoms with Gasteiger partial charge in [-0.05, 0) is 46.5 Å². The van der Waals surface area contributed by atoms with Crippen molar-refractivity contribution < 1.29 is 18.0 Å². The number of thioether (sulfide) groups is 1. The van der Waals surface area contributed by atoms with Gasteiger partial charge in [0.2, 0.25) is 0 Å². The molecule has 1 heterocycles. The van der Waals surface area contributed by atoms with Crippen LogP contribution in [0.3, 0.4) is 0 Å². The van der Waals surface area contributed by atoms with E-state index < -0.39 is 17.6 Å². The van der Waals surface area contributed by atoms with Gasteiger partial charge in [0.1, 0.15) is 5.69 Å². The van der Waals surface area contributed by atoms with Gasteiger partial charge in [0.05, 0.1) is 10.0 Å². The minimum Gasteiger partial charge on any atom is -0.321 e. The van der Waals surface area contributed by atoms with Gasteiger partial charge in [-0.2, -0.15) is 13.2 Å². The Morgan fingerprint density at radius 2 is 1.91 bits per heavy atom. The first-order chi connectivity index (χ1) is 10.3. The highest BCUT2D eigenvalue weighted by Crippen LogP contribution is 2.30. The smallest absolute Gasteiger partial charge is 0.321 e. The first-order valence-electron chi connectivity index (χ1n) is 5.86. The van der Waals surface area contributed by atoms with Gasteiger partial charge >= 0.3 is 6.18 Å². The molecular formula is C13H9BrF3N3OS. The predicted octanol–water partition coefficient (Wildman–Crippen LogP) is 4.23. The molecule has 1 aromatic carbocycles. The number of amides is 1. The van der Waals surface area contributed by atoms with Crippen LogP contribution in [0.25, 0.3) is 0 Å². The number of rotatable bonds is 3. The molecule has 116 valence electrons. The van der Waals surface area contributed by atoms with Gasteiger partial charge in [-0.15, -0.1) is 0 Å². The quantitative estimate of drug-likeness (QED) is 0.628. The van der Waals surface area contributed by atoms with Crippen LogP contribution in [0.5, 0.6) is 0 Å². The maximum Gasteiger partial charge on any atom is 0.416 e. The van der Waals surface area contributed by atoms with Crippen LogP contribution in [0, 0.1) is 0 Å². The first kappa shape index (κ1) is 16.8. The van der Waals surface area contributed by atoms with E-state index in [0.717, 1.165) is 12.1 Å². The molecule has 1 N–H and O–H groups in total. The van der Waals surface area contributed by atoms with Crippen LogP contribution in [0.4, 0.5) is 18.9 Å². The molecule has 0 saturated heterocycles. The van der Waals surface area contributed by atoms with Gasteiger partial charge in [0.15, 0.2) is 5.16 Å². The van der Waals surface area contributed by atoms with Crippen molar-refractivity contribution >= 4 is 39.3 Å². The van der Waals surface area contributed by atoms with Crippen LogP contribution < -0.4 is 5.32 Å². The van der Waals surface area contributed by atoms with Gasteiger partial charge in [0.25, 0.3) is 5.91 Å². The summed E-state index contributed by atoms with van der Waals surface area (Å²) in [6, 6.07) is 4.17. The zero-order valence-electron chi connectivity index (χ0n) is 11.1. The molecule has 2 rings (SSSR count). The molecule has 2 aromatic rings. The Bertz CT molecular complexity index is 692. The monoisotopic (exact) mass is 391 g/mol. The van der Waals surface area contributed by atoms with E-state index in [1.165, 1.54) is 30.1 Å². The van der Waals surface area contributed by atoms with Gasteiger partial charge in [0, 0.05) is 11.9 Å². The highest BCUT2D eigenvalue weighted by molar-refractivity contribution is 9.10. The number of halogens is 4. The number of hydrogen-bond acceptors (Lipinski definition) is 4. The van der Waals surface area contributed by atoms with E-state index in [1.807, 2.05) is 0 Å². The van der Waals surface area contributed by atoms with Crippen molar-refractivity contribution in [3.8, 4) is 0 Å². The molecule has 9 heteroatoms. The normalized spacial score (nSPS) is 11.3. The van der Waals surface area contributed by atoms with Crippen LogP contribution in [-0.4, -0.2) is 22.1 Å². The number of alkyl halides is 3. The lowest BCUT2D eigenvalue weighted by Gasteiger charge is -2.09. The van der Waals surface area contributed by atoms with Crippen molar-refractivity contribution in [2.75, 3.05) is 11.6 Å². The summed E-state index contributed by atoms with van der Waals surface area (Å²) in [4.78, 5) is 20.2. The van der Waals surface area contributed by atoms with Crippen LogP contribution in [0.2, 0.25) is 0 Å². The zero-order chi connectivity index (χ0) is 16.3. The number of nitrogens with one attached hydrogen (secondary N) is 1. The Morgan fingerprint density at radius 3 is 2.45 bits per heavy atom. The number of carbonyl (C=O) groups is 1. The molecule has 0 aliphatic rings. The minimum absolute atomic E-state index is 0.110. The summed E-state index contributed by atoms with van der Waals surface area (Å²) < 4.78 is 37.8. The fourth-order valence-corrected chi connectivity index (χ4v) is 2.25. The molecule has 0 unspecified atom stereocenters. The fraction of sp³-hybridized carbons (Fsp3) is 0.154. The molecule has 0 spiro atoms. The van der Waals surface area contributed by atoms with Gasteiger partial charge in [-0.1, -0.05) is 11.8 Å². The summed E-state index contributed by atoms with van der Waals surface area (Å²) >= 11 is 4.44. The van der Waals surface area contributed by atoms with Crippen LogP contribution in [0.1, 0.15) is 16.1 Å². The number of nitrogens with zero attached hydrogens (tertiary/aromatic N) is 2. The Labute approximate surface area is 136 Å². The summed E-state index contributed by atoms with van der Waals surface area (Å²) in [7, 11) is 0. The standard InChI is InChI=1S/C13H9BrF3N3OS/c1-22-12-18-6-9(14)10(20-12)11(21)19-8-4-2-7(3-5-8)13(15,16)17/h2-6H,1H3,(H,19,21). The third kappa shape index (κ3) is 3.98. The average molecular weight is 392 g/mol. The Kier molecular flexibility index (Phi) is 5.07. The fourth-order valence-electron chi connectivity index (χ4n) is 1.54. The van der Waals surface area contributed by atoms with Crippen molar-refractivity contribution in [1.82, 2.24) is 9.97 Å². The van der Waals surface area contributed by atoms with Crippen molar-refractivity contribution in [1.29, 1.82) is 0 Å². The lowest BCUT2D eigenvalue weighted by molar-refractivity contribution is -0.137. The lowest BCUT2D eigenvalue weighted by atomic mass is 10.2. The summed E-state index contributed by atoms with van der Waals surface area (Å²) in [6.07, 6.45) is -1.20. The van der Waals surface area contributed by atoms with Crippen molar-refractivity contribution in [2.24, 2.45) is 0 Å². The summed E-state index contributed by atoms with van der Waals surface area (Å²) in [5, 5.41) is 2.91. The van der Waals surface area contributed by atoms with Crippen molar-refractivity contribution in [3.63, 3.8) is 0 Å². The summed E-state index contributed by atoms with van der Waals surface area (Å²) in [5.74, 6) is -0.538. The largest absolute Gasteiger partial charge is 0.416 e. The zero-order valence-corrected chi connectivity index (χ0v) is 13.5. The number of benzene rings is 1. The van der Waals surface area contributed by atoms with E-state index in [4.69, 9.17) is 0 Å². The van der Waals surface area contributed by atoms with Crippen molar-refractivity contribution in [2.45, 2.75) is 11.3 Å². The molecule has 0 aliphatic carbocycles. The first-order valence-corrected chi connectivity index (χ1v) is 7.88. The Morgan fingerprint density at radius 1 is 1.27 bits per heavy atom. The van der Waals surface area contributed by atoms with Gasteiger partial charge in [-0.3, -0.25) is 4.79 Å². The highest BCUT2D eigenvalue weighted by atomic mass is 79.9. The second-order valence-corrected chi connectivity index (χ2v) is 5.71. The number of hydrogen-bond donors (Lipinski definition) is 1. The summed E-state index contributed by atoms with van der Waals surface area (Å²) in [6.45, 7) is 0. The van der Waals surface area contributed by atoms with Crippen LogP contribution in [0.15, 0.2) is 40.1 Å². The average Bonchev–Trinajstić information content (AvgIpc) is 2.47. The molecule has 0 fully saturated rings. The van der Waals surface area contributed by atoms with Crippen LogP contribution in [-0.2, 0) is 6.18 Å². The van der Waals surface area contributed by atoms with E-state index in [0.29, 0.717) is 9.63 Å². The van der Waals surface area contributed by atoms with E-state index in [-0.39, 0.29) is 11.4 Å². The van der Waals surface area contributed by atoms with E-state index in [2.05, 4.69) is 31.2 Å². The second-order valence-electron chi connectivity index (χ2n) is 4.08. The maximum absolute atomic E-state index is 12.5. The minimum atomic E-state index is -4.41. The predicted molar refractivity (Wildman–Crippen MR) is 80.9 cm³/mol. The van der Waals surface area contributed by atoms with Crippen LogP contribution >= 0.6 is 27.7 Å². The molecule has 22 heavy (non-hydrogen) atoms. The SMILES string of the molecule is CSc1ncc(Br)c(C(=O)Nc2ccc(C(F)(F)F)cc2)n1. The van der Waals surface area contributed by atoms with E-state index in [9.17, 15) is 18.0 Å². The third-order valence-corrected chi connectivity index (χ3v) is 3.73. The van der Waals surface area contributed by atoms with Crippen molar-refractivity contribution in [3.05, 3.63) is 46.2 Å². The molecule has 0 atom stereocenters. The van der Waals surface area contributed by atoms with E-state index in [1.54, 1.807) is 6.26 Å². The Balaban J connectivity index is 2.19. The summed E-state index contributed by atoms with van der Waals surface area (Å²) in [5.41, 5.74) is -0.424. The molecule has 1 amide bonds. The topological polar surface area (TPSA) is 54.9 Å². The highest BCUT2D eigenvalue weighted by Gasteiger charge is 2.30. The molecule has 4 nitrogen and oxygen atoms in total. The third-order valence-electron chi connectivity index (χ3n) is 2.59. The lowest BCUT2D eigenvalue weighted by Crippen LogP contribution is -2.15. The number of carbonyl (C=O) groups excluding carboxylic acids is 1. The molecule has 1 aromatic heterocycles. The molecule has 0 aliphatic heterocycles. The maximum atomic E-state index is 12.5. The number of aromatic nitrogens is 2.